The van der Waals surface area contributed by atoms with Crippen LogP contribution in [-0.2, 0) is 9.59 Å². The van der Waals surface area contributed by atoms with Crippen LogP contribution in [0.1, 0.15) is 6.92 Å². The van der Waals surface area contributed by atoms with Crippen LogP contribution >= 0.6 is 0 Å². The number of carbonyl (C=O) groups is 2. The van der Waals surface area contributed by atoms with Gasteiger partial charge >= 0.3 is 0 Å². The molecule has 0 spiro atoms. The molecule has 0 aliphatic carbocycles. The molecule has 1 rings (SSSR count). The van der Waals surface area contributed by atoms with Gasteiger partial charge in [-0.25, -0.2) is 0 Å². The summed E-state index contributed by atoms with van der Waals surface area (Å²) in [6.07, 6.45) is 0. The molecular formula is C9H17N3O2. The van der Waals surface area contributed by atoms with E-state index < -0.39 is 0 Å². The molecule has 1 fully saturated rings. The summed E-state index contributed by atoms with van der Waals surface area (Å²) in [6, 6.07) is 0. The summed E-state index contributed by atoms with van der Waals surface area (Å²) in [5.74, 6) is 0.0550. The summed E-state index contributed by atoms with van der Waals surface area (Å²) in [7, 11) is 1.86. The van der Waals surface area contributed by atoms with E-state index in [1.807, 2.05) is 14.0 Å². The lowest BCUT2D eigenvalue weighted by atomic mass is 10.1. The van der Waals surface area contributed by atoms with E-state index in [1.54, 1.807) is 0 Å². The van der Waals surface area contributed by atoms with E-state index in [4.69, 9.17) is 0 Å². The Balaban J connectivity index is 2.47. The molecule has 1 aliphatic rings. The second kappa shape index (κ2) is 5.07. The third-order valence-corrected chi connectivity index (χ3v) is 2.20. The lowest BCUT2D eigenvalue weighted by Gasteiger charge is -2.27. The molecule has 1 unspecified atom stereocenters. The average molecular weight is 199 g/mol. The monoisotopic (exact) mass is 199 g/mol. The van der Waals surface area contributed by atoms with Crippen LogP contribution in [0.3, 0.4) is 0 Å². The molecule has 14 heavy (non-hydrogen) atoms. The van der Waals surface area contributed by atoms with E-state index >= 15 is 0 Å². The van der Waals surface area contributed by atoms with Gasteiger partial charge in [0.05, 0.1) is 13.1 Å². The summed E-state index contributed by atoms with van der Waals surface area (Å²) in [5, 5.41) is 5.78. The first-order chi connectivity index (χ1) is 6.65. The minimum absolute atomic E-state index is 0.121. The molecule has 1 atom stereocenters. The Kier molecular flexibility index (Phi) is 4.03. The van der Waals surface area contributed by atoms with Crippen molar-refractivity contribution in [2.24, 2.45) is 5.92 Å². The summed E-state index contributed by atoms with van der Waals surface area (Å²) < 4.78 is 0. The van der Waals surface area contributed by atoms with Gasteiger partial charge in [0.1, 0.15) is 0 Å². The summed E-state index contributed by atoms with van der Waals surface area (Å²) >= 11 is 0. The average Bonchev–Trinajstić information content (AvgIpc) is 2.12. The van der Waals surface area contributed by atoms with Gasteiger partial charge in [-0.15, -0.1) is 0 Å². The largest absolute Gasteiger partial charge is 0.319 e. The van der Waals surface area contributed by atoms with Crippen molar-refractivity contribution in [1.82, 2.24) is 15.5 Å². The Hall–Kier alpha value is -0.940. The molecule has 1 aliphatic heterocycles. The van der Waals surface area contributed by atoms with Gasteiger partial charge in [-0.1, -0.05) is 6.92 Å². The van der Waals surface area contributed by atoms with Crippen molar-refractivity contribution in [3.8, 4) is 0 Å². The zero-order valence-corrected chi connectivity index (χ0v) is 8.67. The number of imide groups is 1. The summed E-state index contributed by atoms with van der Waals surface area (Å²) in [5.41, 5.74) is 0. The Morgan fingerprint density at radius 2 is 2.00 bits per heavy atom. The van der Waals surface area contributed by atoms with Crippen molar-refractivity contribution >= 4 is 11.8 Å². The smallest absolute Gasteiger partial charge is 0.243 e. The normalized spacial score (nSPS) is 20.0. The van der Waals surface area contributed by atoms with Crippen molar-refractivity contribution in [1.29, 1.82) is 0 Å². The molecule has 0 saturated carbocycles. The number of nitrogens with one attached hydrogen (secondary N) is 2. The van der Waals surface area contributed by atoms with Crippen LogP contribution in [0.2, 0.25) is 0 Å². The predicted octanol–water partition coefficient (Wildman–Crippen LogP) is -1.20. The quantitative estimate of drug-likeness (QED) is 0.558. The lowest BCUT2D eigenvalue weighted by molar-refractivity contribution is -0.147. The SMILES string of the molecule is CNCC(C)CN1C(=O)CNCC1=O. The Morgan fingerprint density at radius 1 is 1.43 bits per heavy atom. The van der Waals surface area contributed by atoms with Gasteiger partial charge < -0.3 is 5.32 Å². The van der Waals surface area contributed by atoms with Crippen LogP contribution in [-0.4, -0.2) is 49.9 Å². The fourth-order valence-corrected chi connectivity index (χ4v) is 1.53. The minimum atomic E-state index is -0.121. The van der Waals surface area contributed by atoms with E-state index in [2.05, 4.69) is 10.6 Å². The maximum Gasteiger partial charge on any atom is 0.243 e. The highest BCUT2D eigenvalue weighted by Gasteiger charge is 2.26. The predicted molar refractivity (Wildman–Crippen MR) is 52.7 cm³/mol. The summed E-state index contributed by atoms with van der Waals surface area (Å²) in [6.45, 7) is 3.89. The standard InChI is InChI=1S/C9H17N3O2/c1-7(3-10-2)6-12-8(13)4-11-5-9(12)14/h7,10-11H,3-6H2,1-2H3. The van der Waals surface area contributed by atoms with Gasteiger partial charge in [0.25, 0.3) is 0 Å². The molecule has 0 bridgehead atoms. The first-order valence-electron chi connectivity index (χ1n) is 4.83. The number of hydrogen-bond acceptors (Lipinski definition) is 4. The third-order valence-electron chi connectivity index (χ3n) is 2.20. The molecule has 0 aromatic heterocycles. The Morgan fingerprint density at radius 3 is 2.50 bits per heavy atom. The van der Waals surface area contributed by atoms with Gasteiger partial charge in [0.15, 0.2) is 0 Å². The molecule has 2 N–H and O–H groups in total. The fraction of sp³-hybridized carbons (Fsp3) is 0.778. The number of piperazine rings is 1. The minimum Gasteiger partial charge on any atom is -0.319 e. The van der Waals surface area contributed by atoms with Crippen molar-refractivity contribution in [3.05, 3.63) is 0 Å². The van der Waals surface area contributed by atoms with Gasteiger partial charge in [0.2, 0.25) is 11.8 Å². The van der Waals surface area contributed by atoms with Gasteiger partial charge in [-0.3, -0.25) is 19.8 Å². The van der Waals surface area contributed by atoms with Crippen LogP contribution in [0.15, 0.2) is 0 Å². The molecule has 0 radical (unpaired) electrons. The van der Waals surface area contributed by atoms with Crippen molar-refractivity contribution in [3.63, 3.8) is 0 Å². The fourth-order valence-electron chi connectivity index (χ4n) is 1.53. The Labute approximate surface area is 83.8 Å². The maximum atomic E-state index is 11.4. The molecule has 80 valence electrons. The van der Waals surface area contributed by atoms with Gasteiger partial charge in [0, 0.05) is 6.54 Å². The topological polar surface area (TPSA) is 61.4 Å². The third kappa shape index (κ3) is 2.78. The van der Waals surface area contributed by atoms with Crippen LogP contribution in [0.25, 0.3) is 0 Å². The molecular weight excluding hydrogens is 182 g/mol. The van der Waals surface area contributed by atoms with Crippen LogP contribution in [0, 0.1) is 5.92 Å². The van der Waals surface area contributed by atoms with E-state index in [1.165, 1.54) is 4.90 Å². The number of carbonyl (C=O) groups excluding carboxylic acids is 2. The number of rotatable bonds is 4. The van der Waals surface area contributed by atoms with E-state index in [-0.39, 0.29) is 24.9 Å². The molecule has 1 saturated heterocycles. The Bertz CT molecular complexity index is 214. The first-order valence-corrected chi connectivity index (χ1v) is 4.83. The van der Waals surface area contributed by atoms with Crippen LogP contribution in [0.4, 0.5) is 0 Å². The lowest BCUT2D eigenvalue weighted by Crippen LogP contribution is -2.53. The van der Waals surface area contributed by atoms with E-state index in [0.29, 0.717) is 12.5 Å². The van der Waals surface area contributed by atoms with Gasteiger partial charge in [-0.2, -0.15) is 0 Å². The van der Waals surface area contributed by atoms with Crippen LogP contribution in [0.5, 0.6) is 0 Å². The highest BCUT2D eigenvalue weighted by atomic mass is 16.2. The maximum absolute atomic E-state index is 11.4. The van der Waals surface area contributed by atoms with Crippen LogP contribution < -0.4 is 10.6 Å². The molecule has 0 aromatic rings. The highest BCUT2D eigenvalue weighted by molar-refractivity contribution is 5.99. The molecule has 0 aromatic carbocycles. The first kappa shape index (κ1) is 11.1. The van der Waals surface area contributed by atoms with Gasteiger partial charge in [-0.05, 0) is 19.5 Å². The number of hydrogen-bond donors (Lipinski definition) is 2. The zero-order chi connectivity index (χ0) is 10.6. The molecule has 2 amide bonds. The molecule has 5 heteroatoms. The van der Waals surface area contributed by atoms with E-state index in [0.717, 1.165) is 6.54 Å². The van der Waals surface area contributed by atoms with Crippen molar-refractivity contribution in [2.45, 2.75) is 6.92 Å². The van der Waals surface area contributed by atoms with Crippen molar-refractivity contribution < 1.29 is 9.59 Å². The second-order valence-electron chi connectivity index (χ2n) is 3.66. The van der Waals surface area contributed by atoms with E-state index in [9.17, 15) is 9.59 Å². The highest BCUT2D eigenvalue weighted by Crippen LogP contribution is 2.02. The zero-order valence-electron chi connectivity index (χ0n) is 8.67. The molecule has 1 heterocycles. The summed E-state index contributed by atoms with van der Waals surface area (Å²) in [4.78, 5) is 24.1. The number of nitrogens with zero attached hydrogens (tertiary/aromatic N) is 1. The second-order valence-corrected chi connectivity index (χ2v) is 3.66. The molecule has 5 nitrogen and oxygen atoms in total. The van der Waals surface area contributed by atoms with Crippen molar-refractivity contribution in [2.75, 3.05) is 33.2 Å². The number of amides is 2.